The van der Waals surface area contributed by atoms with Crippen LogP contribution in [0, 0.1) is 0 Å². The molecule has 1 atom stereocenters. The summed E-state index contributed by atoms with van der Waals surface area (Å²) in [4.78, 5) is 28.0. The van der Waals surface area contributed by atoms with Crippen LogP contribution in [0.15, 0.2) is 18.2 Å². The summed E-state index contributed by atoms with van der Waals surface area (Å²) >= 11 is 0. The van der Waals surface area contributed by atoms with Gasteiger partial charge >= 0.3 is 0 Å². The Morgan fingerprint density at radius 2 is 2.09 bits per heavy atom. The summed E-state index contributed by atoms with van der Waals surface area (Å²) in [5.74, 6) is 0.231. The largest absolute Gasteiger partial charge is 0.479 e. The van der Waals surface area contributed by atoms with E-state index in [4.69, 9.17) is 15.2 Å². The van der Waals surface area contributed by atoms with E-state index in [1.807, 2.05) is 0 Å². The standard InChI is InChI=1S/C15H19N3O4/c1-10-15(20)18(9-14(19)17-4-6-21-7-5-17)12-8-11(16)2-3-13(12)22-10/h2-3,8,10H,4-7,9,16H2,1H3. The van der Waals surface area contributed by atoms with Crippen molar-refractivity contribution in [1.82, 2.24) is 4.90 Å². The van der Waals surface area contributed by atoms with E-state index >= 15 is 0 Å². The maximum atomic E-state index is 12.4. The summed E-state index contributed by atoms with van der Waals surface area (Å²) < 4.78 is 10.8. The zero-order valence-corrected chi connectivity index (χ0v) is 12.4. The van der Waals surface area contributed by atoms with Crippen molar-refractivity contribution < 1.29 is 19.1 Å². The fourth-order valence-corrected chi connectivity index (χ4v) is 2.64. The number of carbonyl (C=O) groups is 2. The molecule has 0 radical (unpaired) electrons. The van der Waals surface area contributed by atoms with Crippen LogP contribution in [0.4, 0.5) is 11.4 Å². The van der Waals surface area contributed by atoms with Crippen molar-refractivity contribution in [2.75, 3.05) is 43.5 Å². The van der Waals surface area contributed by atoms with Gasteiger partial charge in [-0.15, -0.1) is 0 Å². The number of amides is 2. The molecular weight excluding hydrogens is 286 g/mol. The van der Waals surface area contributed by atoms with Gasteiger partial charge in [-0.3, -0.25) is 14.5 Å². The van der Waals surface area contributed by atoms with Crippen molar-refractivity contribution in [3.63, 3.8) is 0 Å². The van der Waals surface area contributed by atoms with Crippen molar-refractivity contribution in [3.05, 3.63) is 18.2 Å². The number of ether oxygens (including phenoxy) is 2. The summed E-state index contributed by atoms with van der Waals surface area (Å²) in [5, 5.41) is 0. The number of rotatable bonds is 2. The van der Waals surface area contributed by atoms with Gasteiger partial charge < -0.3 is 20.1 Å². The average Bonchev–Trinajstić information content (AvgIpc) is 2.53. The average molecular weight is 305 g/mol. The lowest BCUT2D eigenvalue weighted by Crippen LogP contribution is -2.51. The number of nitrogens with two attached hydrogens (primary N) is 1. The number of hydrogen-bond acceptors (Lipinski definition) is 5. The lowest BCUT2D eigenvalue weighted by Gasteiger charge is -2.35. The van der Waals surface area contributed by atoms with E-state index in [0.29, 0.717) is 43.4 Å². The van der Waals surface area contributed by atoms with E-state index in [-0.39, 0.29) is 18.4 Å². The van der Waals surface area contributed by atoms with Crippen LogP contribution in [-0.2, 0) is 14.3 Å². The van der Waals surface area contributed by atoms with Crippen LogP contribution in [0.5, 0.6) is 5.75 Å². The highest BCUT2D eigenvalue weighted by molar-refractivity contribution is 6.04. The molecule has 118 valence electrons. The van der Waals surface area contributed by atoms with Crippen LogP contribution >= 0.6 is 0 Å². The molecule has 1 fully saturated rings. The first kappa shape index (κ1) is 14.6. The zero-order valence-electron chi connectivity index (χ0n) is 12.4. The Kier molecular flexibility index (Phi) is 3.89. The van der Waals surface area contributed by atoms with Crippen molar-refractivity contribution in [2.45, 2.75) is 13.0 Å². The van der Waals surface area contributed by atoms with Crippen LogP contribution in [-0.4, -0.2) is 55.7 Å². The molecule has 3 rings (SSSR count). The van der Waals surface area contributed by atoms with E-state index in [2.05, 4.69) is 0 Å². The number of morpholine rings is 1. The topological polar surface area (TPSA) is 85.1 Å². The number of anilines is 2. The van der Waals surface area contributed by atoms with Gasteiger partial charge in [0.15, 0.2) is 6.10 Å². The predicted molar refractivity (Wildman–Crippen MR) is 80.7 cm³/mol. The molecule has 2 heterocycles. The normalized spacial score (nSPS) is 21.3. The van der Waals surface area contributed by atoms with E-state index in [1.54, 1.807) is 30.0 Å². The number of nitrogens with zero attached hydrogens (tertiary/aromatic N) is 2. The van der Waals surface area contributed by atoms with Gasteiger partial charge in [0, 0.05) is 18.8 Å². The maximum absolute atomic E-state index is 12.4. The molecule has 7 heteroatoms. The minimum atomic E-state index is -0.617. The minimum absolute atomic E-state index is 0.0109. The summed E-state index contributed by atoms with van der Waals surface area (Å²) in [7, 11) is 0. The zero-order chi connectivity index (χ0) is 15.7. The van der Waals surface area contributed by atoms with Gasteiger partial charge in [0.05, 0.1) is 18.9 Å². The first-order chi connectivity index (χ1) is 10.6. The van der Waals surface area contributed by atoms with E-state index in [1.165, 1.54) is 4.90 Å². The molecule has 7 nitrogen and oxygen atoms in total. The van der Waals surface area contributed by atoms with Crippen LogP contribution < -0.4 is 15.4 Å². The third kappa shape index (κ3) is 2.71. The summed E-state index contributed by atoms with van der Waals surface area (Å²) in [6.07, 6.45) is -0.617. The first-order valence-corrected chi connectivity index (χ1v) is 7.29. The van der Waals surface area contributed by atoms with Gasteiger partial charge in [-0.25, -0.2) is 0 Å². The first-order valence-electron chi connectivity index (χ1n) is 7.29. The number of benzene rings is 1. The number of nitrogen functional groups attached to an aromatic ring is 1. The van der Waals surface area contributed by atoms with Crippen LogP contribution in [0.2, 0.25) is 0 Å². The second kappa shape index (κ2) is 5.84. The molecule has 0 bridgehead atoms. The van der Waals surface area contributed by atoms with E-state index in [9.17, 15) is 9.59 Å². The smallest absolute Gasteiger partial charge is 0.268 e. The molecule has 1 saturated heterocycles. The van der Waals surface area contributed by atoms with Gasteiger partial charge in [0.25, 0.3) is 5.91 Å². The van der Waals surface area contributed by atoms with Gasteiger partial charge in [-0.05, 0) is 25.1 Å². The predicted octanol–water partition coefficient (Wildman–Crippen LogP) is 0.241. The Balaban J connectivity index is 1.83. The Morgan fingerprint density at radius 3 is 2.82 bits per heavy atom. The quantitative estimate of drug-likeness (QED) is 0.791. The number of hydrogen-bond donors (Lipinski definition) is 1. The molecule has 0 saturated carbocycles. The SMILES string of the molecule is CC1Oc2ccc(N)cc2N(CC(=O)N2CCOCC2)C1=O. The fourth-order valence-electron chi connectivity index (χ4n) is 2.64. The highest BCUT2D eigenvalue weighted by Gasteiger charge is 2.34. The minimum Gasteiger partial charge on any atom is -0.479 e. The van der Waals surface area contributed by atoms with Crippen LogP contribution in [0.1, 0.15) is 6.92 Å². The molecule has 2 aliphatic heterocycles. The lowest BCUT2D eigenvalue weighted by atomic mass is 10.1. The lowest BCUT2D eigenvalue weighted by molar-refractivity contribution is -0.136. The Bertz CT molecular complexity index is 598. The summed E-state index contributed by atoms with van der Waals surface area (Å²) in [6, 6.07) is 5.09. The monoisotopic (exact) mass is 305 g/mol. The molecule has 1 aromatic rings. The second-order valence-electron chi connectivity index (χ2n) is 5.40. The fraction of sp³-hybridized carbons (Fsp3) is 0.467. The van der Waals surface area contributed by atoms with Crippen molar-refractivity contribution in [3.8, 4) is 5.75 Å². The van der Waals surface area contributed by atoms with Crippen molar-refractivity contribution in [1.29, 1.82) is 0 Å². The maximum Gasteiger partial charge on any atom is 0.268 e. The molecule has 22 heavy (non-hydrogen) atoms. The molecule has 0 aromatic heterocycles. The third-order valence-corrected chi connectivity index (χ3v) is 3.85. The summed E-state index contributed by atoms with van der Waals surface area (Å²) in [5.41, 5.74) is 6.86. The molecular formula is C15H19N3O4. The van der Waals surface area contributed by atoms with Gasteiger partial charge in [0.1, 0.15) is 12.3 Å². The molecule has 1 unspecified atom stereocenters. The van der Waals surface area contributed by atoms with E-state index in [0.717, 1.165) is 0 Å². The second-order valence-corrected chi connectivity index (χ2v) is 5.40. The number of carbonyl (C=O) groups excluding carboxylic acids is 2. The Morgan fingerprint density at radius 1 is 1.36 bits per heavy atom. The third-order valence-electron chi connectivity index (χ3n) is 3.85. The van der Waals surface area contributed by atoms with Crippen molar-refractivity contribution in [2.24, 2.45) is 0 Å². The van der Waals surface area contributed by atoms with Gasteiger partial charge in [-0.2, -0.15) is 0 Å². The Labute approximate surface area is 128 Å². The van der Waals surface area contributed by atoms with Crippen LogP contribution in [0.3, 0.4) is 0 Å². The highest BCUT2D eigenvalue weighted by atomic mass is 16.5. The van der Waals surface area contributed by atoms with Gasteiger partial charge in [-0.1, -0.05) is 0 Å². The molecule has 0 aliphatic carbocycles. The Hall–Kier alpha value is -2.28. The molecule has 0 spiro atoms. The van der Waals surface area contributed by atoms with E-state index < -0.39 is 6.10 Å². The number of fused-ring (bicyclic) bond motifs is 1. The summed E-state index contributed by atoms with van der Waals surface area (Å²) in [6.45, 7) is 3.83. The van der Waals surface area contributed by atoms with Crippen LogP contribution in [0.25, 0.3) is 0 Å². The molecule has 2 amide bonds. The highest BCUT2D eigenvalue weighted by Crippen LogP contribution is 2.35. The molecule has 2 N–H and O–H groups in total. The van der Waals surface area contributed by atoms with Crippen molar-refractivity contribution >= 4 is 23.2 Å². The molecule has 1 aromatic carbocycles. The molecule has 2 aliphatic rings. The van der Waals surface area contributed by atoms with Gasteiger partial charge in [0.2, 0.25) is 5.91 Å².